The fraction of sp³-hybridized carbons (Fsp3) is 0.174. The van der Waals surface area contributed by atoms with Gasteiger partial charge in [-0.25, -0.2) is 4.98 Å². The minimum atomic E-state index is -0.216. The Morgan fingerprint density at radius 3 is 2.52 bits per heavy atom. The van der Waals surface area contributed by atoms with Crippen molar-refractivity contribution in [3.63, 3.8) is 0 Å². The van der Waals surface area contributed by atoms with Crippen molar-refractivity contribution in [3.8, 4) is 0 Å². The topological polar surface area (TPSA) is 82.7 Å². The summed E-state index contributed by atoms with van der Waals surface area (Å²) in [4.78, 5) is 17.2. The molecule has 0 saturated carbocycles. The van der Waals surface area contributed by atoms with Gasteiger partial charge in [0.2, 0.25) is 0 Å². The van der Waals surface area contributed by atoms with E-state index >= 15 is 0 Å². The molecule has 0 atom stereocenters. The van der Waals surface area contributed by atoms with Gasteiger partial charge in [0.1, 0.15) is 5.82 Å². The van der Waals surface area contributed by atoms with E-state index in [-0.39, 0.29) is 11.3 Å². The number of benzene rings is 2. The van der Waals surface area contributed by atoms with Crippen LogP contribution in [0.3, 0.4) is 0 Å². The van der Waals surface area contributed by atoms with E-state index in [9.17, 15) is 4.79 Å². The van der Waals surface area contributed by atoms with Crippen molar-refractivity contribution in [2.75, 3.05) is 10.6 Å². The number of aromatic amines is 1. The highest BCUT2D eigenvalue weighted by Gasteiger charge is 2.15. The second kappa shape index (κ2) is 7.39. The number of hydrogen-bond donors (Lipinski definition) is 3. The highest BCUT2D eigenvalue weighted by molar-refractivity contribution is 6.07. The molecule has 0 aliphatic rings. The van der Waals surface area contributed by atoms with Crippen LogP contribution in [0.5, 0.6) is 0 Å². The van der Waals surface area contributed by atoms with Gasteiger partial charge in [0, 0.05) is 23.0 Å². The van der Waals surface area contributed by atoms with Crippen molar-refractivity contribution >= 4 is 34.0 Å². The normalized spacial score (nSPS) is 11.4. The van der Waals surface area contributed by atoms with E-state index in [4.69, 9.17) is 0 Å². The summed E-state index contributed by atoms with van der Waals surface area (Å²) in [5, 5.41) is 14.2. The minimum absolute atomic E-state index is 0.0682. The van der Waals surface area contributed by atoms with Gasteiger partial charge in [-0.15, -0.1) is 0 Å². The summed E-state index contributed by atoms with van der Waals surface area (Å²) >= 11 is 0. The lowest BCUT2D eigenvalue weighted by atomic mass is 9.87. The van der Waals surface area contributed by atoms with Crippen molar-refractivity contribution in [1.29, 1.82) is 0 Å². The Labute approximate surface area is 169 Å². The lowest BCUT2D eigenvalue weighted by Gasteiger charge is -2.19. The summed E-state index contributed by atoms with van der Waals surface area (Å²) in [6, 6.07) is 17.3. The van der Waals surface area contributed by atoms with Crippen LogP contribution >= 0.6 is 0 Å². The van der Waals surface area contributed by atoms with Crippen LogP contribution in [0.15, 0.2) is 67.0 Å². The van der Waals surface area contributed by atoms with Crippen molar-refractivity contribution in [2.45, 2.75) is 26.2 Å². The van der Waals surface area contributed by atoms with Crippen LogP contribution in [-0.4, -0.2) is 21.1 Å². The molecule has 0 radical (unpaired) electrons. The molecule has 0 aliphatic heterocycles. The van der Waals surface area contributed by atoms with E-state index < -0.39 is 0 Å². The van der Waals surface area contributed by atoms with Gasteiger partial charge in [0.05, 0.1) is 17.3 Å². The zero-order valence-corrected chi connectivity index (χ0v) is 16.7. The number of carbonyl (C=O) groups is 1. The number of carbonyl (C=O) groups excluding carboxylic acids is 1. The predicted molar refractivity (Wildman–Crippen MR) is 117 cm³/mol. The monoisotopic (exact) mass is 385 g/mol. The van der Waals surface area contributed by atoms with E-state index in [1.165, 1.54) is 5.56 Å². The van der Waals surface area contributed by atoms with Gasteiger partial charge in [-0.05, 0) is 53.4 Å². The summed E-state index contributed by atoms with van der Waals surface area (Å²) in [5.74, 6) is 0.280. The number of nitrogens with one attached hydrogen (secondary N) is 3. The third-order valence-corrected chi connectivity index (χ3v) is 4.77. The van der Waals surface area contributed by atoms with E-state index in [2.05, 4.69) is 46.6 Å². The van der Waals surface area contributed by atoms with Gasteiger partial charge in [-0.1, -0.05) is 32.9 Å². The summed E-state index contributed by atoms with van der Waals surface area (Å²) < 4.78 is 0. The Morgan fingerprint density at radius 2 is 1.76 bits per heavy atom. The maximum atomic E-state index is 12.9. The van der Waals surface area contributed by atoms with Crippen molar-refractivity contribution in [2.24, 2.45) is 0 Å². The van der Waals surface area contributed by atoms with Crippen molar-refractivity contribution in [1.82, 2.24) is 15.2 Å². The molecule has 29 heavy (non-hydrogen) atoms. The fourth-order valence-corrected chi connectivity index (χ4v) is 3.09. The molecule has 0 unspecified atom stereocenters. The zero-order valence-electron chi connectivity index (χ0n) is 16.7. The van der Waals surface area contributed by atoms with Gasteiger partial charge >= 0.3 is 0 Å². The number of H-pyrrole nitrogens is 1. The molecule has 0 aliphatic carbocycles. The predicted octanol–water partition coefficient (Wildman–Crippen LogP) is 5.25. The van der Waals surface area contributed by atoms with Gasteiger partial charge < -0.3 is 10.6 Å². The first-order valence-corrected chi connectivity index (χ1v) is 9.47. The molecule has 146 valence electrons. The van der Waals surface area contributed by atoms with Crippen LogP contribution in [0.25, 0.3) is 10.9 Å². The number of amides is 1. The van der Waals surface area contributed by atoms with E-state index in [1.54, 1.807) is 24.5 Å². The quantitative estimate of drug-likeness (QED) is 0.448. The minimum Gasteiger partial charge on any atom is -0.340 e. The second-order valence-corrected chi connectivity index (χ2v) is 7.98. The number of hydrogen-bond acceptors (Lipinski definition) is 4. The van der Waals surface area contributed by atoms with Gasteiger partial charge in [-0.3, -0.25) is 9.89 Å². The Bertz CT molecular complexity index is 1160. The van der Waals surface area contributed by atoms with E-state index in [1.807, 2.05) is 42.5 Å². The summed E-state index contributed by atoms with van der Waals surface area (Å²) in [5.41, 5.74) is 4.24. The fourth-order valence-electron chi connectivity index (χ4n) is 3.09. The molecule has 0 fully saturated rings. The SMILES string of the molecule is CC(C)(C)c1ccc(NC(=O)c2cccnc2Nc2ccc3cn[nH]c3c2)cc1. The first kappa shape index (κ1) is 18.7. The number of pyridine rings is 1. The average molecular weight is 385 g/mol. The Kier molecular flexibility index (Phi) is 4.76. The Hall–Kier alpha value is -3.67. The molecular weight excluding hydrogens is 362 g/mol. The Balaban J connectivity index is 1.54. The molecule has 1 amide bonds. The maximum Gasteiger partial charge on any atom is 0.259 e. The summed E-state index contributed by atoms with van der Waals surface area (Å²) in [6.45, 7) is 6.48. The number of rotatable bonds is 4. The maximum absolute atomic E-state index is 12.9. The molecule has 2 heterocycles. The lowest BCUT2D eigenvalue weighted by Crippen LogP contribution is -2.15. The number of anilines is 3. The summed E-state index contributed by atoms with van der Waals surface area (Å²) in [7, 11) is 0. The van der Waals surface area contributed by atoms with Gasteiger partial charge in [0.15, 0.2) is 0 Å². The molecule has 0 spiro atoms. The molecule has 4 rings (SSSR count). The smallest absolute Gasteiger partial charge is 0.259 e. The number of aromatic nitrogens is 3. The van der Waals surface area contributed by atoms with Crippen molar-refractivity contribution in [3.05, 3.63) is 78.1 Å². The standard InChI is InChI=1S/C23H23N5O/c1-23(2,3)16-7-10-17(11-8-16)27-22(29)19-5-4-12-24-21(19)26-18-9-6-15-14-25-28-20(15)13-18/h4-14H,1-3H3,(H,24,26)(H,25,28)(H,27,29). The molecule has 6 nitrogen and oxygen atoms in total. The van der Waals surface area contributed by atoms with E-state index in [0.29, 0.717) is 11.4 Å². The highest BCUT2D eigenvalue weighted by Crippen LogP contribution is 2.25. The highest BCUT2D eigenvalue weighted by atomic mass is 16.1. The molecule has 0 saturated heterocycles. The number of fused-ring (bicyclic) bond motifs is 1. The molecule has 3 N–H and O–H groups in total. The lowest BCUT2D eigenvalue weighted by molar-refractivity contribution is 0.102. The average Bonchev–Trinajstić information content (AvgIpc) is 3.16. The largest absolute Gasteiger partial charge is 0.340 e. The zero-order chi connectivity index (χ0) is 20.4. The van der Waals surface area contributed by atoms with Crippen molar-refractivity contribution < 1.29 is 4.79 Å². The molecular formula is C23H23N5O. The molecule has 2 aromatic carbocycles. The van der Waals surface area contributed by atoms with Crippen LogP contribution in [0.1, 0.15) is 36.7 Å². The summed E-state index contributed by atoms with van der Waals surface area (Å²) in [6.07, 6.45) is 3.43. The van der Waals surface area contributed by atoms with Gasteiger partial charge in [0.25, 0.3) is 5.91 Å². The molecule has 6 heteroatoms. The second-order valence-electron chi connectivity index (χ2n) is 7.98. The van der Waals surface area contributed by atoms with Crippen LogP contribution in [0.4, 0.5) is 17.2 Å². The van der Waals surface area contributed by atoms with Crippen LogP contribution < -0.4 is 10.6 Å². The van der Waals surface area contributed by atoms with Gasteiger partial charge in [-0.2, -0.15) is 5.10 Å². The van der Waals surface area contributed by atoms with E-state index in [0.717, 1.165) is 22.3 Å². The first-order valence-electron chi connectivity index (χ1n) is 9.47. The third-order valence-electron chi connectivity index (χ3n) is 4.77. The molecule has 2 aromatic heterocycles. The molecule has 0 bridgehead atoms. The van der Waals surface area contributed by atoms with Crippen LogP contribution in [0.2, 0.25) is 0 Å². The first-order chi connectivity index (χ1) is 13.9. The van der Waals surface area contributed by atoms with Crippen LogP contribution in [0, 0.1) is 0 Å². The third kappa shape index (κ3) is 4.11. The van der Waals surface area contributed by atoms with Crippen LogP contribution in [-0.2, 0) is 5.41 Å². The Morgan fingerprint density at radius 1 is 1.00 bits per heavy atom. The number of nitrogens with zero attached hydrogens (tertiary/aromatic N) is 2. The molecule has 4 aromatic rings.